The van der Waals surface area contributed by atoms with Crippen LogP contribution in [0.15, 0.2) is 24.5 Å². The molecule has 0 aliphatic rings. The van der Waals surface area contributed by atoms with Crippen molar-refractivity contribution in [2.24, 2.45) is 0 Å². The molecule has 0 bridgehead atoms. The zero-order valence-corrected chi connectivity index (χ0v) is 10.5. The third-order valence-corrected chi connectivity index (χ3v) is 2.75. The van der Waals surface area contributed by atoms with Gasteiger partial charge in [0, 0.05) is 30.9 Å². The Bertz CT molecular complexity index is 551. The smallest absolute Gasteiger partial charge is 0.167 e. The van der Waals surface area contributed by atoms with Gasteiger partial charge >= 0.3 is 0 Å². The number of imidazole rings is 1. The van der Waals surface area contributed by atoms with Crippen LogP contribution in [0.3, 0.4) is 0 Å². The van der Waals surface area contributed by atoms with Crippen molar-refractivity contribution in [2.45, 2.75) is 19.8 Å². The molecule has 5 heteroatoms. The third kappa shape index (κ3) is 2.16. The molecule has 1 aromatic carbocycles. The Balaban J connectivity index is 2.52. The first-order valence-electron chi connectivity index (χ1n) is 5.83. The number of aromatic nitrogens is 2. The summed E-state index contributed by atoms with van der Waals surface area (Å²) >= 11 is 0. The number of nitrogens with two attached hydrogens (primary N) is 1. The van der Waals surface area contributed by atoms with Gasteiger partial charge in [-0.1, -0.05) is 6.92 Å². The van der Waals surface area contributed by atoms with Crippen molar-refractivity contribution >= 4 is 5.69 Å². The average molecular weight is 249 g/mol. The number of rotatable bonds is 4. The highest BCUT2D eigenvalue weighted by atomic mass is 19.1. The monoisotopic (exact) mass is 249 g/mol. The van der Waals surface area contributed by atoms with Gasteiger partial charge in [-0.3, -0.25) is 0 Å². The lowest BCUT2D eigenvalue weighted by molar-refractivity contribution is 0.386. The van der Waals surface area contributed by atoms with E-state index >= 15 is 0 Å². The van der Waals surface area contributed by atoms with Gasteiger partial charge in [0.1, 0.15) is 5.82 Å². The van der Waals surface area contributed by atoms with E-state index in [9.17, 15) is 4.39 Å². The highest BCUT2D eigenvalue weighted by molar-refractivity contribution is 5.61. The fraction of sp³-hybridized carbons (Fsp3) is 0.308. The molecule has 0 spiro atoms. The Labute approximate surface area is 105 Å². The highest BCUT2D eigenvalue weighted by Gasteiger charge is 2.12. The minimum absolute atomic E-state index is 0.176. The molecule has 18 heavy (non-hydrogen) atoms. The summed E-state index contributed by atoms with van der Waals surface area (Å²) in [5.74, 6) is 0.615. The Morgan fingerprint density at radius 1 is 1.44 bits per heavy atom. The van der Waals surface area contributed by atoms with E-state index in [2.05, 4.69) is 11.9 Å². The van der Waals surface area contributed by atoms with Crippen molar-refractivity contribution in [3.63, 3.8) is 0 Å². The lowest BCUT2D eigenvalue weighted by Crippen LogP contribution is -2.05. The molecule has 2 N–H and O–H groups in total. The molecule has 2 aromatic rings. The molecule has 0 saturated heterocycles. The molecule has 2 rings (SSSR count). The van der Waals surface area contributed by atoms with Crippen LogP contribution in [0.4, 0.5) is 10.1 Å². The number of ether oxygens (including phenoxy) is 1. The number of nitrogen functional groups attached to an aromatic ring is 1. The zero-order valence-electron chi connectivity index (χ0n) is 10.5. The number of hydrogen-bond donors (Lipinski definition) is 1. The third-order valence-electron chi connectivity index (χ3n) is 2.75. The molecule has 96 valence electrons. The summed E-state index contributed by atoms with van der Waals surface area (Å²) in [6.07, 6.45) is 5.34. The molecule has 0 saturated carbocycles. The number of halogens is 1. The summed E-state index contributed by atoms with van der Waals surface area (Å²) in [4.78, 5) is 4.27. The van der Waals surface area contributed by atoms with Gasteiger partial charge in [0.2, 0.25) is 0 Å². The number of anilines is 1. The van der Waals surface area contributed by atoms with Gasteiger partial charge in [-0.15, -0.1) is 0 Å². The first-order valence-corrected chi connectivity index (χ1v) is 5.83. The van der Waals surface area contributed by atoms with E-state index in [4.69, 9.17) is 10.5 Å². The SMILES string of the molecule is CCCc1nccn1-c1cc(OC)c(F)cc1N. The predicted octanol–water partition coefficient (Wildman–Crippen LogP) is 2.55. The Hall–Kier alpha value is -2.04. The van der Waals surface area contributed by atoms with Gasteiger partial charge in [-0.05, 0) is 6.42 Å². The number of methoxy groups -OCH3 is 1. The number of hydrogen-bond acceptors (Lipinski definition) is 3. The summed E-state index contributed by atoms with van der Waals surface area (Å²) in [5, 5.41) is 0. The molecule has 0 atom stereocenters. The maximum absolute atomic E-state index is 13.5. The summed E-state index contributed by atoms with van der Waals surface area (Å²) in [6, 6.07) is 2.86. The van der Waals surface area contributed by atoms with Gasteiger partial charge in [-0.2, -0.15) is 0 Å². The van der Waals surface area contributed by atoms with Gasteiger partial charge < -0.3 is 15.0 Å². The van der Waals surface area contributed by atoms with Crippen molar-refractivity contribution in [1.29, 1.82) is 0 Å². The van der Waals surface area contributed by atoms with Crippen molar-refractivity contribution in [3.05, 3.63) is 36.2 Å². The maximum atomic E-state index is 13.5. The van der Waals surface area contributed by atoms with Crippen LogP contribution in [-0.4, -0.2) is 16.7 Å². The summed E-state index contributed by atoms with van der Waals surface area (Å²) in [5.41, 5.74) is 6.91. The summed E-state index contributed by atoms with van der Waals surface area (Å²) in [6.45, 7) is 2.08. The van der Waals surface area contributed by atoms with E-state index in [1.165, 1.54) is 13.2 Å². The highest BCUT2D eigenvalue weighted by Crippen LogP contribution is 2.27. The predicted molar refractivity (Wildman–Crippen MR) is 68.5 cm³/mol. The molecule has 0 fully saturated rings. The van der Waals surface area contributed by atoms with Crippen LogP contribution in [0.1, 0.15) is 19.2 Å². The topological polar surface area (TPSA) is 53.1 Å². The van der Waals surface area contributed by atoms with Gasteiger partial charge in [0.05, 0.1) is 18.5 Å². The van der Waals surface area contributed by atoms with E-state index in [-0.39, 0.29) is 5.75 Å². The molecular formula is C13H16FN3O. The first kappa shape index (κ1) is 12.4. The maximum Gasteiger partial charge on any atom is 0.167 e. The minimum Gasteiger partial charge on any atom is -0.494 e. The molecule has 4 nitrogen and oxygen atoms in total. The summed E-state index contributed by atoms with van der Waals surface area (Å²) < 4.78 is 20.3. The average Bonchev–Trinajstić information content (AvgIpc) is 2.78. The Morgan fingerprint density at radius 3 is 2.89 bits per heavy atom. The van der Waals surface area contributed by atoms with E-state index < -0.39 is 5.82 Å². The van der Waals surface area contributed by atoms with Crippen molar-refractivity contribution in [1.82, 2.24) is 9.55 Å². The lowest BCUT2D eigenvalue weighted by Gasteiger charge is -2.12. The number of benzene rings is 1. The second kappa shape index (κ2) is 5.08. The molecular weight excluding hydrogens is 233 g/mol. The quantitative estimate of drug-likeness (QED) is 0.847. The molecule has 1 aromatic heterocycles. The van der Waals surface area contributed by atoms with Gasteiger partial charge in [-0.25, -0.2) is 9.37 Å². The number of aryl methyl sites for hydroxylation is 1. The van der Waals surface area contributed by atoms with E-state index in [0.29, 0.717) is 11.4 Å². The molecule has 0 radical (unpaired) electrons. The number of nitrogens with zero attached hydrogens (tertiary/aromatic N) is 2. The molecule has 0 unspecified atom stereocenters. The van der Waals surface area contributed by atoms with Crippen LogP contribution in [-0.2, 0) is 6.42 Å². The summed E-state index contributed by atoms with van der Waals surface area (Å²) in [7, 11) is 1.43. The van der Waals surface area contributed by atoms with E-state index in [0.717, 1.165) is 18.7 Å². The second-order valence-electron chi connectivity index (χ2n) is 4.01. The van der Waals surface area contributed by atoms with Crippen LogP contribution in [0.25, 0.3) is 5.69 Å². The van der Waals surface area contributed by atoms with Crippen molar-refractivity contribution < 1.29 is 9.13 Å². The van der Waals surface area contributed by atoms with Crippen LogP contribution < -0.4 is 10.5 Å². The van der Waals surface area contributed by atoms with Crippen LogP contribution in [0.2, 0.25) is 0 Å². The van der Waals surface area contributed by atoms with E-state index in [1.807, 2.05) is 10.8 Å². The van der Waals surface area contributed by atoms with Crippen molar-refractivity contribution in [2.75, 3.05) is 12.8 Å². The van der Waals surface area contributed by atoms with Crippen LogP contribution in [0, 0.1) is 5.82 Å². The fourth-order valence-electron chi connectivity index (χ4n) is 1.89. The van der Waals surface area contributed by atoms with Gasteiger partial charge in [0.15, 0.2) is 11.6 Å². The normalized spacial score (nSPS) is 10.6. The van der Waals surface area contributed by atoms with Crippen LogP contribution >= 0.6 is 0 Å². The second-order valence-corrected chi connectivity index (χ2v) is 4.01. The zero-order chi connectivity index (χ0) is 13.1. The van der Waals surface area contributed by atoms with Crippen molar-refractivity contribution in [3.8, 4) is 11.4 Å². The van der Waals surface area contributed by atoms with Crippen LogP contribution in [0.5, 0.6) is 5.75 Å². The fourth-order valence-corrected chi connectivity index (χ4v) is 1.89. The molecule has 0 aliphatic carbocycles. The van der Waals surface area contributed by atoms with E-state index in [1.54, 1.807) is 12.3 Å². The van der Waals surface area contributed by atoms with Gasteiger partial charge in [0.25, 0.3) is 0 Å². The largest absolute Gasteiger partial charge is 0.494 e. The first-order chi connectivity index (χ1) is 8.67. The Kier molecular flexibility index (Phi) is 3.50. The lowest BCUT2D eigenvalue weighted by atomic mass is 10.2. The molecule has 1 heterocycles. The molecule has 0 aliphatic heterocycles. The Morgan fingerprint density at radius 2 is 2.22 bits per heavy atom. The standard InChI is InChI=1S/C13H16FN3O/c1-3-4-13-16-5-6-17(13)11-8-12(18-2)9(14)7-10(11)15/h5-8H,3-4,15H2,1-2H3. The minimum atomic E-state index is -0.462. The molecule has 0 amide bonds.